The van der Waals surface area contributed by atoms with Crippen molar-refractivity contribution in [2.24, 2.45) is 11.5 Å². The van der Waals surface area contributed by atoms with Crippen LogP contribution in [0.5, 0.6) is 0 Å². The molecule has 0 spiro atoms. The Hall–Kier alpha value is -0.900. The van der Waals surface area contributed by atoms with Crippen molar-refractivity contribution >= 4 is 16.4 Å². The largest absolute Gasteiger partial charge is 0.394 e. The van der Waals surface area contributed by atoms with Gasteiger partial charge in [-0.2, -0.15) is 8.42 Å². The number of nitrogens with two attached hydrogens (primary N) is 2. The van der Waals surface area contributed by atoms with Gasteiger partial charge in [-0.05, 0) is 19.4 Å². The minimum Gasteiger partial charge on any atom is -0.370 e. The van der Waals surface area contributed by atoms with Crippen LogP contribution in [-0.2, 0) is 10.4 Å². The molecule has 8 N–H and O–H groups in total. The molecular formula is C8H22N4O4S. The van der Waals surface area contributed by atoms with E-state index in [1.165, 1.54) is 19.3 Å². The summed E-state index contributed by atoms with van der Waals surface area (Å²) in [5, 5.41) is 9.66. The fourth-order valence-electron chi connectivity index (χ4n) is 1.02. The van der Waals surface area contributed by atoms with E-state index in [2.05, 4.69) is 5.32 Å². The van der Waals surface area contributed by atoms with Crippen molar-refractivity contribution in [3.8, 4) is 0 Å². The minimum atomic E-state index is -4.67. The van der Waals surface area contributed by atoms with Crippen molar-refractivity contribution in [3.63, 3.8) is 0 Å². The maximum atomic E-state index is 8.74. The molecule has 9 heteroatoms. The second-order valence-electron chi connectivity index (χ2n) is 3.34. The van der Waals surface area contributed by atoms with E-state index in [0.29, 0.717) is 0 Å². The first-order valence-corrected chi connectivity index (χ1v) is 6.65. The van der Waals surface area contributed by atoms with Gasteiger partial charge < -0.3 is 16.8 Å². The zero-order chi connectivity index (χ0) is 13.7. The molecule has 0 aromatic heterocycles. The second-order valence-corrected chi connectivity index (χ2v) is 4.24. The molecule has 0 heterocycles. The first-order valence-electron chi connectivity index (χ1n) is 5.25. The molecule has 0 unspecified atom stereocenters. The zero-order valence-electron chi connectivity index (χ0n) is 9.72. The lowest BCUT2D eigenvalue weighted by Gasteiger charge is -2.02. The topological polar surface area (TPSA) is 163 Å². The molecule has 0 saturated carbocycles. The number of hydrogen-bond acceptors (Lipinski definition) is 4. The number of rotatable bonds is 7. The number of hydrogen-bond donors (Lipinski definition) is 6. The van der Waals surface area contributed by atoms with Crippen LogP contribution in [0, 0.1) is 5.41 Å². The van der Waals surface area contributed by atoms with Gasteiger partial charge in [0.2, 0.25) is 0 Å². The summed E-state index contributed by atoms with van der Waals surface area (Å²) in [7, 11) is -4.67. The maximum absolute atomic E-state index is 8.74. The van der Waals surface area contributed by atoms with Gasteiger partial charge in [0.15, 0.2) is 5.96 Å². The molecule has 0 amide bonds. The molecule has 0 aliphatic carbocycles. The summed E-state index contributed by atoms with van der Waals surface area (Å²) >= 11 is 0. The third kappa shape index (κ3) is 39.5. The summed E-state index contributed by atoms with van der Waals surface area (Å²) in [6.45, 7) is 1.61. The van der Waals surface area contributed by atoms with Gasteiger partial charge >= 0.3 is 10.4 Å². The molecule has 0 bridgehead atoms. The number of guanidine groups is 1. The van der Waals surface area contributed by atoms with Crippen LogP contribution < -0.4 is 16.8 Å². The van der Waals surface area contributed by atoms with Crippen molar-refractivity contribution in [3.05, 3.63) is 0 Å². The Morgan fingerprint density at radius 1 is 1.12 bits per heavy atom. The highest BCUT2D eigenvalue weighted by Gasteiger charge is 1.90. The summed E-state index contributed by atoms with van der Waals surface area (Å²) in [4.78, 5) is 0. The third-order valence-corrected chi connectivity index (χ3v) is 1.70. The Morgan fingerprint density at radius 2 is 1.53 bits per heavy atom. The molecule has 0 aromatic carbocycles. The van der Waals surface area contributed by atoms with Crippen molar-refractivity contribution in [1.82, 2.24) is 5.32 Å². The molecule has 0 atom stereocenters. The van der Waals surface area contributed by atoms with Crippen molar-refractivity contribution in [1.29, 1.82) is 5.41 Å². The van der Waals surface area contributed by atoms with Crippen LogP contribution in [0.15, 0.2) is 0 Å². The highest BCUT2D eigenvalue weighted by atomic mass is 32.3. The summed E-state index contributed by atoms with van der Waals surface area (Å²) in [5.41, 5.74) is 10.5. The Kier molecular flexibility index (Phi) is 12.6. The monoisotopic (exact) mass is 270 g/mol. The van der Waals surface area contributed by atoms with E-state index >= 15 is 0 Å². The van der Waals surface area contributed by atoms with Crippen LogP contribution >= 0.6 is 0 Å². The van der Waals surface area contributed by atoms with E-state index < -0.39 is 10.4 Å². The first kappa shape index (κ1) is 18.5. The Labute approximate surface area is 102 Å². The van der Waals surface area contributed by atoms with Crippen LogP contribution in [0.4, 0.5) is 0 Å². The zero-order valence-corrected chi connectivity index (χ0v) is 10.5. The standard InChI is InChI=1S/C8H20N4.H2O4S/c9-6-4-2-1-3-5-7-12-8(10)11;1-5(2,3)4/h1-7,9H2,(H4,10,11,12);(H2,1,2,3,4). The average molecular weight is 270 g/mol. The predicted molar refractivity (Wildman–Crippen MR) is 66.2 cm³/mol. The normalized spacial score (nSPS) is 10.3. The van der Waals surface area contributed by atoms with Gasteiger partial charge in [0, 0.05) is 6.54 Å². The fourth-order valence-corrected chi connectivity index (χ4v) is 1.02. The van der Waals surface area contributed by atoms with Crippen LogP contribution in [0.3, 0.4) is 0 Å². The smallest absolute Gasteiger partial charge is 0.370 e. The second kappa shape index (κ2) is 11.6. The molecule has 8 nitrogen and oxygen atoms in total. The molecule has 0 rings (SSSR count). The van der Waals surface area contributed by atoms with Crippen molar-refractivity contribution in [2.45, 2.75) is 32.1 Å². The van der Waals surface area contributed by atoms with Gasteiger partial charge in [0.05, 0.1) is 0 Å². The van der Waals surface area contributed by atoms with E-state index in [1.54, 1.807) is 0 Å². The number of unbranched alkanes of at least 4 members (excludes halogenated alkanes) is 4. The fraction of sp³-hybridized carbons (Fsp3) is 0.875. The SMILES string of the molecule is N=C(N)NCCCCCCCN.O=S(=O)(O)O. The molecule has 0 saturated heterocycles. The maximum Gasteiger partial charge on any atom is 0.394 e. The Morgan fingerprint density at radius 3 is 1.94 bits per heavy atom. The molecular weight excluding hydrogens is 248 g/mol. The van der Waals surface area contributed by atoms with Gasteiger partial charge in [-0.1, -0.05) is 19.3 Å². The summed E-state index contributed by atoms with van der Waals surface area (Å²) in [6.07, 6.45) is 5.86. The summed E-state index contributed by atoms with van der Waals surface area (Å²) in [6, 6.07) is 0. The van der Waals surface area contributed by atoms with Crippen LogP contribution in [0.1, 0.15) is 32.1 Å². The third-order valence-electron chi connectivity index (χ3n) is 1.70. The molecule has 0 aliphatic rings. The lowest BCUT2D eigenvalue weighted by molar-refractivity contribution is 0.381. The van der Waals surface area contributed by atoms with Gasteiger partial charge in [-0.15, -0.1) is 0 Å². The summed E-state index contributed by atoms with van der Waals surface area (Å²) < 4.78 is 31.6. The first-order chi connectivity index (χ1) is 7.77. The van der Waals surface area contributed by atoms with Crippen LogP contribution in [-0.4, -0.2) is 36.6 Å². The molecule has 0 radical (unpaired) electrons. The van der Waals surface area contributed by atoms with Crippen molar-refractivity contribution < 1.29 is 17.5 Å². The molecule has 104 valence electrons. The summed E-state index contributed by atoms with van der Waals surface area (Å²) in [5.74, 6) is 0.0666. The highest BCUT2D eigenvalue weighted by Crippen LogP contribution is 2.00. The van der Waals surface area contributed by atoms with E-state index in [1.807, 2.05) is 0 Å². The van der Waals surface area contributed by atoms with Crippen LogP contribution in [0.2, 0.25) is 0 Å². The number of nitrogens with one attached hydrogen (secondary N) is 2. The molecule has 17 heavy (non-hydrogen) atoms. The Bertz CT molecular complexity index is 273. The van der Waals surface area contributed by atoms with Crippen molar-refractivity contribution in [2.75, 3.05) is 13.1 Å². The average Bonchev–Trinajstić information content (AvgIpc) is 2.13. The predicted octanol–water partition coefficient (Wildman–Crippen LogP) is -0.274. The quantitative estimate of drug-likeness (QED) is 0.160. The van der Waals surface area contributed by atoms with E-state index in [0.717, 1.165) is 25.9 Å². The molecule has 0 aliphatic heterocycles. The molecule has 0 aromatic rings. The van der Waals surface area contributed by atoms with Gasteiger partial charge in [-0.25, -0.2) is 0 Å². The Balaban J connectivity index is 0. The van der Waals surface area contributed by atoms with Gasteiger partial charge in [0.1, 0.15) is 0 Å². The lowest BCUT2D eigenvalue weighted by atomic mass is 10.1. The minimum absolute atomic E-state index is 0.0666. The van der Waals surface area contributed by atoms with Crippen LogP contribution in [0.25, 0.3) is 0 Å². The molecule has 0 fully saturated rings. The highest BCUT2D eigenvalue weighted by molar-refractivity contribution is 7.79. The lowest BCUT2D eigenvalue weighted by Crippen LogP contribution is -2.30. The van der Waals surface area contributed by atoms with E-state index in [-0.39, 0.29) is 5.96 Å². The van der Waals surface area contributed by atoms with E-state index in [4.69, 9.17) is 34.4 Å². The van der Waals surface area contributed by atoms with Gasteiger partial charge in [-0.3, -0.25) is 14.5 Å². The van der Waals surface area contributed by atoms with Gasteiger partial charge in [0.25, 0.3) is 0 Å². The van der Waals surface area contributed by atoms with E-state index in [9.17, 15) is 0 Å².